The highest BCUT2D eigenvalue weighted by Crippen LogP contribution is 2.37. The van der Waals surface area contributed by atoms with E-state index in [1.165, 1.54) is 0 Å². The molecule has 2 unspecified atom stereocenters. The molecule has 0 radical (unpaired) electrons. The number of piperidine rings is 1. The normalized spacial score (nSPS) is 18.3. The van der Waals surface area contributed by atoms with Crippen LogP contribution < -0.4 is 5.73 Å². The number of benzene rings is 1. The van der Waals surface area contributed by atoms with Crippen LogP contribution in [0.1, 0.15) is 35.9 Å². The zero-order chi connectivity index (χ0) is 18.1. The molecular formula is C18H22Cl3N3O2. The van der Waals surface area contributed by atoms with Gasteiger partial charge in [0.15, 0.2) is 0 Å². The van der Waals surface area contributed by atoms with Gasteiger partial charge in [0.25, 0.3) is 5.91 Å². The Morgan fingerprint density at radius 1 is 1.38 bits per heavy atom. The smallest absolute Gasteiger partial charge is 0.259 e. The Kier molecular flexibility index (Phi) is 6.97. The molecule has 3 rings (SSSR count). The highest BCUT2D eigenvalue weighted by atomic mass is 35.5. The van der Waals surface area contributed by atoms with Crippen LogP contribution >= 0.6 is 35.6 Å². The van der Waals surface area contributed by atoms with E-state index >= 15 is 0 Å². The van der Waals surface area contributed by atoms with Gasteiger partial charge in [0.05, 0.1) is 10.0 Å². The van der Waals surface area contributed by atoms with Crippen molar-refractivity contribution >= 4 is 41.5 Å². The van der Waals surface area contributed by atoms with Gasteiger partial charge in [-0.2, -0.15) is 0 Å². The third kappa shape index (κ3) is 4.01. The zero-order valence-electron chi connectivity index (χ0n) is 14.7. The summed E-state index contributed by atoms with van der Waals surface area (Å²) in [7, 11) is 0. The van der Waals surface area contributed by atoms with E-state index in [-0.39, 0.29) is 24.4 Å². The largest absolute Gasteiger partial charge is 0.360 e. The minimum Gasteiger partial charge on any atom is -0.360 e. The van der Waals surface area contributed by atoms with Crippen molar-refractivity contribution in [2.24, 2.45) is 11.7 Å². The molecule has 142 valence electrons. The minimum atomic E-state index is -0.116. The fourth-order valence-electron chi connectivity index (χ4n) is 3.30. The number of aromatic nitrogens is 1. The highest BCUT2D eigenvalue weighted by Gasteiger charge is 2.31. The summed E-state index contributed by atoms with van der Waals surface area (Å²) in [6.07, 6.45) is 1.97. The first-order valence-corrected chi connectivity index (χ1v) is 9.11. The maximum absolute atomic E-state index is 13.2. The number of carbonyl (C=O) groups is 1. The van der Waals surface area contributed by atoms with Crippen LogP contribution in [0.3, 0.4) is 0 Å². The molecule has 2 N–H and O–H groups in total. The van der Waals surface area contributed by atoms with E-state index in [1.54, 1.807) is 25.1 Å². The molecule has 2 heterocycles. The van der Waals surface area contributed by atoms with Crippen molar-refractivity contribution in [1.82, 2.24) is 10.1 Å². The maximum atomic E-state index is 13.2. The molecule has 2 atom stereocenters. The number of amides is 1. The molecule has 0 spiro atoms. The third-order valence-electron chi connectivity index (χ3n) is 4.76. The summed E-state index contributed by atoms with van der Waals surface area (Å²) >= 11 is 12.6. The van der Waals surface area contributed by atoms with Crippen molar-refractivity contribution in [1.29, 1.82) is 0 Å². The number of aryl methyl sites for hydroxylation is 1. The van der Waals surface area contributed by atoms with E-state index in [4.69, 9.17) is 33.5 Å². The van der Waals surface area contributed by atoms with Gasteiger partial charge in [0.1, 0.15) is 17.0 Å². The number of hydrogen-bond acceptors (Lipinski definition) is 4. The lowest BCUT2D eigenvalue weighted by atomic mass is 9.91. The van der Waals surface area contributed by atoms with Gasteiger partial charge in [-0.25, -0.2) is 0 Å². The quantitative estimate of drug-likeness (QED) is 0.792. The van der Waals surface area contributed by atoms with E-state index in [2.05, 4.69) is 5.16 Å². The van der Waals surface area contributed by atoms with E-state index < -0.39 is 0 Å². The van der Waals surface area contributed by atoms with Gasteiger partial charge < -0.3 is 15.2 Å². The number of likely N-dealkylation sites (tertiary alicyclic amines) is 1. The summed E-state index contributed by atoms with van der Waals surface area (Å²) in [5.74, 6) is 0.638. The number of hydrogen-bond donors (Lipinski definition) is 1. The second kappa shape index (κ2) is 8.61. The van der Waals surface area contributed by atoms with Crippen LogP contribution in [-0.4, -0.2) is 35.1 Å². The molecular weight excluding hydrogens is 397 g/mol. The van der Waals surface area contributed by atoms with Crippen LogP contribution in [0.2, 0.25) is 10.0 Å². The standard InChI is InChI=1S/C18H21Cl2N3O2.ClH/c1-10(21)12-5-4-8-23(9-12)18(24)15-11(2)25-22-17(15)16-13(19)6-3-7-14(16)20;/h3,6-7,10,12H,4-5,8-9,21H2,1-2H3;1H. The first kappa shape index (κ1) is 21.0. The maximum Gasteiger partial charge on any atom is 0.259 e. The molecule has 0 saturated carbocycles. The lowest BCUT2D eigenvalue weighted by Gasteiger charge is -2.34. The fourth-order valence-corrected chi connectivity index (χ4v) is 3.88. The Labute approximate surface area is 169 Å². The lowest BCUT2D eigenvalue weighted by molar-refractivity contribution is 0.0660. The molecule has 1 aliphatic rings. The van der Waals surface area contributed by atoms with E-state index in [0.717, 1.165) is 12.8 Å². The zero-order valence-corrected chi connectivity index (χ0v) is 17.0. The summed E-state index contributed by atoms with van der Waals surface area (Å²) in [6.45, 7) is 5.04. The van der Waals surface area contributed by atoms with E-state index in [1.807, 2.05) is 11.8 Å². The molecule has 1 fully saturated rings. The summed E-state index contributed by atoms with van der Waals surface area (Å²) < 4.78 is 5.31. The minimum absolute atomic E-state index is 0. The van der Waals surface area contributed by atoms with Gasteiger partial charge in [-0.1, -0.05) is 34.4 Å². The van der Waals surface area contributed by atoms with Gasteiger partial charge in [0, 0.05) is 24.7 Å². The van der Waals surface area contributed by atoms with Crippen molar-refractivity contribution in [3.63, 3.8) is 0 Å². The van der Waals surface area contributed by atoms with Gasteiger partial charge in [-0.15, -0.1) is 12.4 Å². The van der Waals surface area contributed by atoms with Crippen LogP contribution in [0.5, 0.6) is 0 Å². The Hall–Kier alpha value is -1.27. The monoisotopic (exact) mass is 417 g/mol. The van der Waals surface area contributed by atoms with Crippen molar-refractivity contribution in [2.45, 2.75) is 32.7 Å². The molecule has 1 amide bonds. The van der Waals surface area contributed by atoms with Crippen LogP contribution in [0.25, 0.3) is 11.3 Å². The summed E-state index contributed by atoms with van der Waals surface area (Å²) in [5, 5.41) is 4.93. The Morgan fingerprint density at radius 2 is 2.04 bits per heavy atom. The molecule has 8 heteroatoms. The van der Waals surface area contributed by atoms with E-state index in [9.17, 15) is 4.79 Å². The average molecular weight is 419 g/mol. The van der Waals surface area contributed by atoms with Gasteiger partial charge in [0.2, 0.25) is 0 Å². The summed E-state index contributed by atoms with van der Waals surface area (Å²) in [4.78, 5) is 15.0. The number of rotatable bonds is 3. The molecule has 1 aromatic carbocycles. The summed E-state index contributed by atoms with van der Waals surface area (Å²) in [5.41, 5.74) is 7.36. The van der Waals surface area contributed by atoms with Crippen molar-refractivity contribution < 1.29 is 9.32 Å². The SMILES string of the molecule is Cc1onc(-c2c(Cl)cccc2Cl)c1C(=O)N1CCCC(C(C)N)C1.Cl. The summed E-state index contributed by atoms with van der Waals surface area (Å²) in [6, 6.07) is 5.24. The molecule has 2 aromatic rings. The molecule has 0 aliphatic carbocycles. The first-order valence-electron chi connectivity index (χ1n) is 8.35. The predicted octanol–water partition coefficient (Wildman–Crippen LogP) is 4.58. The first-order chi connectivity index (χ1) is 11.9. The van der Waals surface area contributed by atoms with Crippen LogP contribution in [0.15, 0.2) is 22.7 Å². The molecule has 1 aliphatic heterocycles. The molecule has 1 saturated heterocycles. The Morgan fingerprint density at radius 3 is 2.65 bits per heavy atom. The third-order valence-corrected chi connectivity index (χ3v) is 5.39. The topological polar surface area (TPSA) is 72.4 Å². The molecule has 1 aromatic heterocycles. The fraction of sp³-hybridized carbons (Fsp3) is 0.444. The second-order valence-corrected chi connectivity index (χ2v) is 7.39. The molecule has 5 nitrogen and oxygen atoms in total. The van der Waals surface area contributed by atoms with Gasteiger partial charge >= 0.3 is 0 Å². The number of carbonyl (C=O) groups excluding carboxylic acids is 1. The lowest BCUT2D eigenvalue weighted by Crippen LogP contribution is -2.45. The van der Waals surface area contributed by atoms with Gasteiger partial charge in [-0.05, 0) is 44.7 Å². The van der Waals surface area contributed by atoms with Crippen LogP contribution in [-0.2, 0) is 0 Å². The predicted molar refractivity (Wildman–Crippen MR) is 106 cm³/mol. The van der Waals surface area contributed by atoms with E-state index in [0.29, 0.717) is 51.6 Å². The molecule has 26 heavy (non-hydrogen) atoms. The van der Waals surface area contributed by atoms with Crippen molar-refractivity contribution in [2.75, 3.05) is 13.1 Å². The average Bonchev–Trinajstić information content (AvgIpc) is 2.95. The number of nitrogens with zero attached hydrogens (tertiary/aromatic N) is 2. The molecule has 0 bridgehead atoms. The van der Waals surface area contributed by atoms with Crippen LogP contribution in [0, 0.1) is 12.8 Å². The number of nitrogens with two attached hydrogens (primary N) is 1. The second-order valence-electron chi connectivity index (χ2n) is 6.57. The number of halogens is 3. The Bertz CT molecular complexity index is 772. The van der Waals surface area contributed by atoms with Crippen LogP contribution in [0.4, 0.5) is 0 Å². The van der Waals surface area contributed by atoms with Crippen molar-refractivity contribution in [3.8, 4) is 11.3 Å². The van der Waals surface area contributed by atoms with Crippen molar-refractivity contribution in [3.05, 3.63) is 39.6 Å². The Balaban J connectivity index is 0.00000243. The van der Waals surface area contributed by atoms with Gasteiger partial charge in [-0.3, -0.25) is 4.79 Å². The highest BCUT2D eigenvalue weighted by molar-refractivity contribution is 6.39.